The number of fused-ring (bicyclic) bond motifs is 1. The summed E-state index contributed by atoms with van der Waals surface area (Å²) in [5.41, 5.74) is -0.407. The van der Waals surface area contributed by atoms with Crippen molar-refractivity contribution in [3.63, 3.8) is 0 Å². The maximum atomic E-state index is 12.6. The van der Waals surface area contributed by atoms with Crippen LogP contribution in [0, 0.1) is 0 Å². The van der Waals surface area contributed by atoms with Gasteiger partial charge in [-0.1, -0.05) is 18.2 Å². The molecule has 1 aliphatic rings. The van der Waals surface area contributed by atoms with Gasteiger partial charge in [-0.3, -0.25) is 0 Å². The largest absolute Gasteiger partial charge is 0.497 e. The van der Waals surface area contributed by atoms with Gasteiger partial charge in [-0.15, -0.1) is 0 Å². The zero-order valence-electron chi connectivity index (χ0n) is 15.8. The van der Waals surface area contributed by atoms with Crippen molar-refractivity contribution in [1.82, 2.24) is 4.72 Å². The van der Waals surface area contributed by atoms with Crippen LogP contribution in [0.4, 0.5) is 13.2 Å². The zero-order valence-corrected chi connectivity index (χ0v) is 16.6. The molecule has 0 bridgehead atoms. The Morgan fingerprint density at radius 1 is 1.17 bits per heavy atom. The first-order valence-corrected chi connectivity index (χ1v) is 10.7. The lowest BCUT2D eigenvalue weighted by atomic mass is 9.79. The SMILES string of the molecule is COc1ccc2c(c1)CCC[C@@]2(O)CNS(=O)(=O)Cc1ccc(C(F)(F)F)cc1. The average Bonchev–Trinajstić information content (AvgIpc) is 2.66. The number of ether oxygens (including phenoxy) is 1. The number of hydrogen-bond acceptors (Lipinski definition) is 4. The van der Waals surface area contributed by atoms with E-state index < -0.39 is 33.1 Å². The highest BCUT2D eigenvalue weighted by atomic mass is 32.2. The molecule has 1 atom stereocenters. The molecule has 29 heavy (non-hydrogen) atoms. The Bertz CT molecular complexity index is 974. The number of halogens is 3. The normalized spacial score (nSPS) is 19.6. The molecule has 0 saturated carbocycles. The standard InChI is InChI=1S/C20H22F3NO4S/c1-28-17-8-9-18-15(11-17)3-2-10-19(18,25)13-24-29(26,27)12-14-4-6-16(7-5-14)20(21,22)23/h4-9,11,24-25H,2-3,10,12-13H2,1H3/t19-/m1/s1. The van der Waals surface area contributed by atoms with Gasteiger partial charge in [0.15, 0.2) is 0 Å². The van der Waals surface area contributed by atoms with E-state index >= 15 is 0 Å². The van der Waals surface area contributed by atoms with E-state index in [0.29, 0.717) is 24.2 Å². The number of aliphatic hydroxyl groups is 1. The fourth-order valence-electron chi connectivity index (χ4n) is 3.54. The number of sulfonamides is 1. The van der Waals surface area contributed by atoms with Crippen molar-refractivity contribution in [1.29, 1.82) is 0 Å². The molecule has 0 aromatic heterocycles. The summed E-state index contributed by atoms with van der Waals surface area (Å²) in [5, 5.41) is 11.0. The van der Waals surface area contributed by atoms with Gasteiger partial charge in [-0.25, -0.2) is 13.1 Å². The first-order valence-electron chi connectivity index (χ1n) is 9.06. The molecule has 5 nitrogen and oxygen atoms in total. The van der Waals surface area contributed by atoms with Crippen molar-refractivity contribution < 1.29 is 31.4 Å². The summed E-state index contributed by atoms with van der Waals surface area (Å²) in [7, 11) is -2.30. The summed E-state index contributed by atoms with van der Waals surface area (Å²) < 4.78 is 70.3. The van der Waals surface area contributed by atoms with Gasteiger partial charge in [0.25, 0.3) is 0 Å². The van der Waals surface area contributed by atoms with E-state index in [-0.39, 0.29) is 12.1 Å². The molecule has 0 unspecified atom stereocenters. The van der Waals surface area contributed by atoms with E-state index in [4.69, 9.17) is 4.74 Å². The number of benzene rings is 2. The lowest BCUT2D eigenvalue weighted by Crippen LogP contribution is -2.43. The maximum absolute atomic E-state index is 12.6. The number of aryl methyl sites for hydroxylation is 1. The van der Waals surface area contributed by atoms with E-state index in [1.165, 1.54) is 0 Å². The van der Waals surface area contributed by atoms with Crippen LogP contribution in [0.1, 0.15) is 35.1 Å². The molecule has 158 valence electrons. The molecule has 0 amide bonds. The average molecular weight is 429 g/mol. The second-order valence-electron chi connectivity index (χ2n) is 7.18. The molecule has 0 spiro atoms. The van der Waals surface area contributed by atoms with Crippen LogP contribution < -0.4 is 9.46 Å². The third-order valence-electron chi connectivity index (χ3n) is 5.07. The number of methoxy groups -OCH3 is 1. The van der Waals surface area contributed by atoms with Crippen LogP contribution in [0.3, 0.4) is 0 Å². The number of hydrogen-bond donors (Lipinski definition) is 2. The third kappa shape index (κ3) is 5.09. The molecule has 0 heterocycles. The van der Waals surface area contributed by atoms with Crippen LogP contribution in [-0.2, 0) is 34.0 Å². The smallest absolute Gasteiger partial charge is 0.416 e. The Kier molecular flexibility index (Phi) is 5.93. The van der Waals surface area contributed by atoms with Gasteiger partial charge in [0.05, 0.1) is 18.4 Å². The fourth-order valence-corrected chi connectivity index (χ4v) is 4.73. The number of alkyl halides is 3. The molecule has 0 saturated heterocycles. The van der Waals surface area contributed by atoms with Crippen molar-refractivity contribution in [3.05, 3.63) is 64.7 Å². The molecule has 0 fully saturated rings. The molecule has 2 N–H and O–H groups in total. The highest BCUT2D eigenvalue weighted by Crippen LogP contribution is 2.37. The maximum Gasteiger partial charge on any atom is 0.416 e. The van der Waals surface area contributed by atoms with Crippen LogP contribution in [-0.4, -0.2) is 27.2 Å². The number of rotatable bonds is 6. The van der Waals surface area contributed by atoms with Gasteiger partial charge in [0, 0.05) is 6.54 Å². The monoisotopic (exact) mass is 429 g/mol. The summed E-state index contributed by atoms with van der Waals surface area (Å²) in [6.07, 6.45) is -2.63. The second-order valence-corrected chi connectivity index (χ2v) is 8.99. The quantitative estimate of drug-likeness (QED) is 0.739. The topological polar surface area (TPSA) is 75.6 Å². The predicted molar refractivity (Wildman–Crippen MR) is 102 cm³/mol. The van der Waals surface area contributed by atoms with E-state index in [1.807, 2.05) is 6.07 Å². The number of nitrogens with one attached hydrogen (secondary N) is 1. The Hall–Kier alpha value is -2.10. The zero-order chi connectivity index (χ0) is 21.3. The second kappa shape index (κ2) is 7.97. The minimum Gasteiger partial charge on any atom is -0.497 e. The Balaban J connectivity index is 1.71. The van der Waals surface area contributed by atoms with E-state index in [0.717, 1.165) is 36.2 Å². The molecule has 3 rings (SSSR count). The van der Waals surface area contributed by atoms with Gasteiger partial charge < -0.3 is 9.84 Å². The van der Waals surface area contributed by atoms with Gasteiger partial charge >= 0.3 is 6.18 Å². The molecule has 2 aromatic rings. The minimum atomic E-state index is -4.48. The summed E-state index contributed by atoms with van der Waals surface area (Å²) in [6, 6.07) is 9.25. The minimum absolute atomic E-state index is 0.213. The molecule has 0 aliphatic heterocycles. The first-order chi connectivity index (χ1) is 13.5. The first kappa shape index (κ1) is 21.6. The van der Waals surface area contributed by atoms with Crippen LogP contribution in [0.15, 0.2) is 42.5 Å². The van der Waals surface area contributed by atoms with Crippen molar-refractivity contribution >= 4 is 10.0 Å². The van der Waals surface area contributed by atoms with Crippen LogP contribution in [0.5, 0.6) is 5.75 Å². The van der Waals surface area contributed by atoms with Crippen LogP contribution >= 0.6 is 0 Å². The fraction of sp³-hybridized carbons (Fsp3) is 0.400. The highest BCUT2D eigenvalue weighted by Gasteiger charge is 2.35. The van der Waals surface area contributed by atoms with Crippen molar-refractivity contribution in [2.45, 2.75) is 36.8 Å². The predicted octanol–water partition coefficient (Wildman–Crippen LogP) is 3.36. The van der Waals surface area contributed by atoms with Crippen molar-refractivity contribution in [2.24, 2.45) is 0 Å². The molecular weight excluding hydrogens is 407 g/mol. The summed E-state index contributed by atoms with van der Waals surface area (Å²) in [4.78, 5) is 0. The van der Waals surface area contributed by atoms with Gasteiger partial charge in [-0.2, -0.15) is 13.2 Å². The van der Waals surface area contributed by atoms with E-state index in [2.05, 4.69) is 4.72 Å². The van der Waals surface area contributed by atoms with E-state index in [1.54, 1.807) is 19.2 Å². The molecule has 2 aromatic carbocycles. The van der Waals surface area contributed by atoms with E-state index in [9.17, 15) is 26.7 Å². The van der Waals surface area contributed by atoms with Gasteiger partial charge in [0.2, 0.25) is 10.0 Å². The molecule has 0 radical (unpaired) electrons. The van der Waals surface area contributed by atoms with Crippen LogP contribution in [0.25, 0.3) is 0 Å². The van der Waals surface area contributed by atoms with Crippen LogP contribution in [0.2, 0.25) is 0 Å². The Morgan fingerprint density at radius 2 is 1.86 bits per heavy atom. The molecule has 1 aliphatic carbocycles. The molecule has 9 heteroatoms. The van der Waals surface area contributed by atoms with Crippen molar-refractivity contribution in [2.75, 3.05) is 13.7 Å². The van der Waals surface area contributed by atoms with Gasteiger partial charge in [-0.05, 0) is 60.2 Å². The summed E-state index contributed by atoms with van der Waals surface area (Å²) >= 11 is 0. The Morgan fingerprint density at radius 3 is 2.48 bits per heavy atom. The molecular formula is C20H22F3NO4S. The highest BCUT2D eigenvalue weighted by molar-refractivity contribution is 7.88. The Labute approximate surface area is 167 Å². The third-order valence-corrected chi connectivity index (χ3v) is 6.37. The van der Waals surface area contributed by atoms with Crippen molar-refractivity contribution in [3.8, 4) is 5.75 Å². The lowest BCUT2D eigenvalue weighted by Gasteiger charge is -2.34. The van der Waals surface area contributed by atoms with Gasteiger partial charge in [0.1, 0.15) is 11.4 Å². The lowest BCUT2D eigenvalue weighted by molar-refractivity contribution is -0.137. The summed E-state index contributed by atoms with van der Waals surface area (Å²) in [6.45, 7) is -0.213. The summed E-state index contributed by atoms with van der Waals surface area (Å²) in [5.74, 6) is 0.187.